The maximum atomic E-state index is 13.3. The van der Waals surface area contributed by atoms with Crippen LogP contribution in [0.15, 0.2) is 71.7 Å². The first-order chi connectivity index (χ1) is 12.9. The molecule has 0 saturated carbocycles. The summed E-state index contributed by atoms with van der Waals surface area (Å²) in [4.78, 5) is 0.356. The minimum Gasteiger partial charge on any atom is -0.207 e. The summed E-state index contributed by atoms with van der Waals surface area (Å²) in [6.45, 7) is 4.48. The van der Waals surface area contributed by atoms with Crippen LogP contribution in [-0.2, 0) is 10.0 Å². The molecule has 2 bridgehead atoms. The van der Waals surface area contributed by atoms with E-state index in [9.17, 15) is 8.42 Å². The van der Waals surface area contributed by atoms with Crippen LogP contribution in [0.25, 0.3) is 5.57 Å². The molecule has 5 rings (SSSR count). The van der Waals surface area contributed by atoms with Gasteiger partial charge in [0.25, 0.3) is 0 Å². The topological polar surface area (TPSA) is 37.4 Å². The molecule has 3 unspecified atom stereocenters. The van der Waals surface area contributed by atoms with Crippen molar-refractivity contribution in [3.8, 4) is 0 Å². The Labute approximate surface area is 166 Å². The van der Waals surface area contributed by atoms with Crippen molar-refractivity contribution in [3.63, 3.8) is 0 Å². The Kier molecular flexibility index (Phi) is 4.75. The largest absolute Gasteiger partial charge is 0.243 e. The van der Waals surface area contributed by atoms with E-state index in [1.165, 1.54) is 5.57 Å². The van der Waals surface area contributed by atoms with Crippen LogP contribution in [0.2, 0.25) is 5.02 Å². The van der Waals surface area contributed by atoms with E-state index < -0.39 is 10.0 Å². The third kappa shape index (κ3) is 3.38. The van der Waals surface area contributed by atoms with Gasteiger partial charge in [-0.05, 0) is 48.2 Å². The third-order valence-electron chi connectivity index (χ3n) is 5.45. The molecule has 0 fully saturated rings. The van der Waals surface area contributed by atoms with E-state index in [0.29, 0.717) is 16.5 Å². The number of benzene rings is 2. The highest BCUT2D eigenvalue weighted by Crippen LogP contribution is 2.39. The molecule has 0 saturated heterocycles. The van der Waals surface area contributed by atoms with E-state index in [2.05, 4.69) is 25.2 Å². The lowest BCUT2D eigenvalue weighted by Gasteiger charge is -2.37. The highest BCUT2D eigenvalue weighted by atomic mass is 35.5. The van der Waals surface area contributed by atoms with Gasteiger partial charge in [-0.3, -0.25) is 0 Å². The Hall–Kier alpha value is -1.88. The lowest BCUT2D eigenvalue weighted by atomic mass is 9.88. The van der Waals surface area contributed by atoms with Crippen molar-refractivity contribution in [2.75, 3.05) is 6.54 Å². The van der Waals surface area contributed by atoms with Gasteiger partial charge in [0.2, 0.25) is 10.0 Å². The van der Waals surface area contributed by atoms with E-state index in [1.807, 2.05) is 43.3 Å². The number of aryl methyl sites for hydroxylation is 1. The number of sulfonamides is 1. The lowest BCUT2D eigenvalue weighted by Crippen LogP contribution is -2.46. The number of hydrogen-bond donors (Lipinski definition) is 0. The Morgan fingerprint density at radius 1 is 1.00 bits per heavy atom. The number of halogens is 1. The quantitative estimate of drug-likeness (QED) is 0.686. The first kappa shape index (κ1) is 18.5. The van der Waals surface area contributed by atoms with Crippen LogP contribution in [0.4, 0.5) is 0 Å². The molecule has 1 aliphatic carbocycles. The smallest absolute Gasteiger partial charge is 0.207 e. The van der Waals surface area contributed by atoms with Crippen LogP contribution in [-0.4, -0.2) is 25.3 Å². The van der Waals surface area contributed by atoms with Gasteiger partial charge in [-0.1, -0.05) is 66.6 Å². The fraction of sp³-hybridized carbons (Fsp3) is 0.273. The highest BCUT2D eigenvalue weighted by molar-refractivity contribution is 7.89. The predicted octanol–water partition coefficient (Wildman–Crippen LogP) is 4.93. The van der Waals surface area contributed by atoms with Gasteiger partial charge in [-0.2, -0.15) is 4.31 Å². The molecule has 140 valence electrons. The van der Waals surface area contributed by atoms with Crippen LogP contribution in [0.1, 0.15) is 18.1 Å². The average molecular weight is 400 g/mol. The summed E-state index contributed by atoms with van der Waals surface area (Å²) >= 11 is 6.03. The van der Waals surface area contributed by atoms with Crippen LogP contribution in [0, 0.1) is 18.8 Å². The van der Waals surface area contributed by atoms with Gasteiger partial charge in [0.1, 0.15) is 0 Å². The zero-order valence-corrected chi connectivity index (χ0v) is 16.9. The van der Waals surface area contributed by atoms with Crippen molar-refractivity contribution >= 4 is 27.2 Å². The molecule has 2 aliphatic heterocycles. The van der Waals surface area contributed by atoms with Crippen molar-refractivity contribution in [2.24, 2.45) is 11.8 Å². The van der Waals surface area contributed by atoms with Crippen molar-refractivity contribution in [3.05, 3.63) is 82.9 Å². The van der Waals surface area contributed by atoms with Crippen LogP contribution in [0.5, 0.6) is 0 Å². The molecule has 3 nitrogen and oxygen atoms in total. The molecule has 0 aromatic heterocycles. The van der Waals surface area contributed by atoms with Gasteiger partial charge in [-0.15, -0.1) is 0 Å². The molecule has 0 radical (unpaired) electrons. The summed E-state index contributed by atoms with van der Waals surface area (Å²) in [5.74, 6) is 0.146. The molecule has 2 heterocycles. The molecule has 5 heteroatoms. The fourth-order valence-corrected chi connectivity index (χ4v) is 5.67. The molecule has 27 heavy (non-hydrogen) atoms. The van der Waals surface area contributed by atoms with E-state index in [-0.39, 0.29) is 17.9 Å². The fourth-order valence-electron chi connectivity index (χ4n) is 3.86. The van der Waals surface area contributed by atoms with Gasteiger partial charge >= 0.3 is 0 Å². The predicted molar refractivity (Wildman–Crippen MR) is 110 cm³/mol. The zero-order chi connectivity index (χ0) is 19.2. The average Bonchev–Trinajstić information content (AvgIpc) is 2.92. The summed E-state index contributed by atoms with van der Waals surface area (Å²) in [6.07, 6.45) is 6.41. The lowest BCUT2D eigenvalue weighted by molar-refractivity contribution is 0.308. The summed E-state index contributed by atoms with van der Waals surface area (Å²) < 4.78 is 28.3. The maximum absolute atomic E-state index is 13.3. The standard InChI is InChI=1S/C22H22ClNO2S/c1-15-3-11-20(12-4-15)27(25,26)24-14-18-6-5-16(2)22(24)13-21(18)17-7-9-19(23)10-8-17/h3-13,16,18,22H,14H2,1-2H3. The molecule has 0 N–H and O–H groups in total. The summed E-state index contributed by atoms with van der Waals surface area (Å²) in [6, 6.07) is 14.7. The number of hydrogen-bond acceptors (Lipinski definition) is 2. The molecule has 3 atom stereocenters. The minimum absolute atomic E-state index is 0.0348. The van der Waals surface area contributed by atoms with Crippen molar-refractivity contribution < 1.29 is 8.42 Å². The molecular formula is C22H22ClNO2S. The van der Waals surface area contributed by atoms with Crippen LogP contribution in [0.3, 0.4) is 0 Å². The van der Waals surface area contributed by atoms with Crippen LogP contribution < -0.4 is 0 Å². The first-order valence-corrected chi connectivity index (χ1v) is 10.9. The van der Waals surface area contributed by atoms with Gasteiger partial charge in [0.15, 0.2) is 0 Å². The SMILES string of the molecule is Cc1ccc(S(=O)(=O)N2CC3C=CC(C)C2C=C3c2ccc(Cl)cc2)cc1. The van der Waals surface area contributed by atoms with Crippen molar-refractivity contribution in [2.45, 2.75) is 24.8 Å². The van der Waals surface area contributed by atoms with E-state index in [0.717, 1.165) is 11.1 Å². The van der Waals surface area contributed by atoms with Gasteiger partial charge in [-0.25, -0.2) is 8.42 Å². The number of nitrogens with zero attached hydrogens (tertiary/aromatic N) is 1. The highest BCUT2D eigenvalue weighted by Gasteiger charge is 2.40. The second-order valence-corrected chi connectivity index (χ2v) is 9.68. The zero-order valence-electron chi connectivity index (χ0n) is 15.3. The van der Waals surface area contributed by atoms with Gasteiger partial charge < -0.3 is 0 Å². The molecule has 2 aromatic rings. The summed E-state index contributed by atoms with van der Waals surface area (Å²) in [5.41, 5.74) is 3.32. The second-order valence-electron chi connectivity index (χ2n) is 7.36. The molecule has 2 aromatic carbocycles. The van der Waals surface area contributed by atoms with E-state index in [1.54, 1.807) is 16.4 Å². The summed E-state index contributed by atoms with van der Waals surface area (Å²) in [5, 5.41) is 0.700. The third-order valence-corrected chi connectivity index (χ3v) is 7.58. The second kappa shape index (κ2) is 6.93. The van der Waals surface area contributed by atoms with Crippen molar-refractivity contribution in [1.82, 2.24) is 4.31 Å². The Bertz CT molecular complexity index is 1010. The van der Waals surface area contributed by atoms with E-state index in [4.69, 9.17) is 11.6 Å². The van der Waals surface area contributed by atoms with Crippen LogP contribution >= 0.6 is 11.6 Å². The van der Waals surface area contributed by atoms with Crippen molar-refractivity contribution in [1.29, 1.82) is 0 Å². The molecule has 0 spiro atoms. The van der Waals surface area contributed by atoms with Gasteiger partial charge in [0, 0.05) is 23.5 Å². The number of fused-ring (bicyclic) bond motifs is 2. The number of rotatable bonds is 3. The molecule has 0 amide bonds. The summed E-state index contributed by atoms with van der Waals surface area (Å²) in [7, 11) is -3.55. The Morgan fingerprint density at radius 3 is 2.33 bits per heavy atom. The van der Waals surface area contributed by atoms with Gasteiger partial charge in [0.05, 0.1) is 4.90 Å². The Balaban J connectivity index is 1.76. The monoisotopic (exact) mass is 399 g/mol. The molecule has 3 aliphatic rings. The first-order valence-electron chi connectivity index (χ1n) is 9.11. The molecular weight excluding hydrogens is 378 g/mol. The Morgan fingerprint density at radius 2 is 1.67 bits per heavy atom. The minimum atomic E-state index is -3.55. The normalized spacial score (nSPS) is 25.3. The van der Waals surface area contributed by atoms with E-state index >= 15 is 0 Å². The maximum Gasteiger partial charge on any atom is 0.243 e.